The number of furan rings is 1. The molecule has 6 heteroatoms. The van der Waals surface area contributed by atoms with Gasteiger partial charge in [0.2, 0.25) is 5.88 Å². The van der Waals surface area contributed by atoms with Crippen molar-refractivity contribution in [3.8, 4) is 5.88 Å². The average Bonchev–Trinajstić information content (AvgIpc) is 3.22. The average molecular weight is 328 g/mol. The minimum Gasteiger partial charge on any atom is -0.471 e. The van der Waals surface area contributed by atoms with Gasteiger partial charge in [-0.25, -0.2) is 4.98 Å². The summed E-state index contributed by atoms with van der Waals surface area (Å²) in [6, 6.07) is 7.42. The standard InChI is InChI=1S/C18H20N2O4/c1-12-7-10-22-16(12)18(21)20-9-11-23-17-13(20)5-6-14(17)24-15-4-2-3-8-19-15/h2-4,7-8,10,13-14,17H,5-6,9,11H2,1H3/t13-,14-,17+/m1/s1. The molecule has 0 bridgehead atoms. The topological polar surface area (TPSA) is 64.8 Å². The Kier molecular flexibility index (Phi) is 3.98. The van der Waals surface area contributed by atoms with Crippen LogP contribution in [0.4, 0.5) is 0 Å². The van der Waals surface area contributed by atoms with E-state index in [1.165, 1.54) is 0 Å². The summed E-state index contributed by atoms with van der Waals surface area (Å²) in [6.45, 7) is 2.97. The number of nitrogens with zero attached hydrogens (tertiary/aromatic N) is 2. The molecule has 1 saturated heterocycles. The number of fused-ring (bicyclic) bond motifs is 1. The first-order valence-corrected chi connectivity index (χ1v) is 8.28. The fourth-order valence-electron chi connectivity index (χ4n) is 3.59. The van der Waals surface area contributed by atoms with Crippen molar-refractivity contribution in [3.05, 3.63) is 48.0 Å². The van der Waals surface area contributed by atoms with Crippen LogP contribution < -0.4 is 4.74 Å². The monoisotopic (exact) mass is 328 g/mol. The number of rotatable bonds is 3. The van der Waals surface area contributed by atoms with Gasteiger partial charge in [-0.05, 0) is 31.9 Å². The summed E-state index contributed by atoms with van der Waals surface area (Å²) in [7, 11) is 0. The summed E-state index contributed by atoms with van der Waals surface area (Å²) in [5, 5.41) is 0. The van der Waals surface area contributed by atoms with E-state index >= 15 is 0 Å². The van der Waals surface area contributed by atoms with Crippen molar-refractivity contribution >= 4 is 5.91 Å². The molecule has 1 aliphatic carbocycles. The number of morpholine rings is 1. The summed E-state index contributed by atoms with van der Waals surface area (Å²) in [5.41, 5.74) is 0.863. The Hall–Kier alpha value is -2.34. The molecule has 2 fully saturated rings. The van der Waals surface area contributed by atoms with Crippen molar-refractivity contribution < 1.29 is 18.7 Å². The zero-order valence-corrected chi connectivity index (χ0v) is 13.6. The van der Waals surface area contributed by atoms with Gasteiger partial charge in [-0.1, -0.05) is 6.07 Å². The van der Waals surface area contributed by atoms with E-state index in [0.29, 0.717) is 24.8 Å². The Balaban J connectivity index is 1.50. The lowest BCUT2D eigenvalue weighted by molar-refractivity contribution is -0.0798. The molecule has 4 rings (SSSR count). The lowest BCUT2D eigenvalue weighted by Gasteiger charge is -2.38. The van der Waals surface area contributed by atoms with E-state index in [1.807, 2.05) is 36.1 Å². The molecule has 1 aliphatic heterocycles. The molecule has 2 aromatic heterocycles. The van der Waals surface area contributed by atoms with Gasteiger partial charge in [-0.15, -0.1) is 0 Å². The Morgan fingerprint density at radius 1 is 1.33 bits per heavy atom. The van der Waals surface area contributed by atoms with Crippen LogP contribution in [0.2, 0.25) is 0 Å². The largest absolute Gasteiger partial charge is 0.471 e. The van der Waals surface area contributed by atoms with Crippen molar-refractivity contribution in [2.75, 3.05) is 13.2 Å². The Morgan fingerprint density at radius 3 is 3.00 bits per heavy atom. The third-order valence-electron chi connectivity index (χ3n) is 4.76. The molecule has 3 atom stereocenters. The maximum absolute atomic E-state index is 12.8. The van der Waals surface area contributed by atoms with Crippen LogP contribution in [0.25, 0.3) is 0 Å². The molecule has 2 aromatic rings. The third-order valence-corrected chi connectivity index (χ3v) is 4.76. The van der Waals surface area contributed by atoms with Crippen LogP contribution in [-0.2, 0) is 4.74 Å². The van der Waals surface area contributed by atoms with Crippen molar-refractivity contribution in [1.82, 2.24) is 9.88 Å². The number of amides is 1. The lowest BCUT2D eigenvalue weighted by Crippen LogP contribution is -2.54. The van der Waals surface area contributed by atoms with Crippen LogP contribution in [0.15, 0.2) is 41.1 Å². The van der Waals surface area contributed by atoms with Gasteiger partial charge in [-0.2, -0.15) is 0 Å². The number of aryl methyl sites for hydroxylation is 1. The first-order valence-electron chi connectivity index (χ1n) is 8.28. The second-order valence-electron chi connectivity index (χ2n) is 6.24. The van der Waals surface area contributed by atoms with Crippen LogP contribution in [0, 0.1) is 6.92 Å². The van der Waals surface area contributed by atoms with E-state index < -0.39 is 0 Å². The summed E-state index contributed by atoms with van der Waals surface area (Å²) in [4.78, 5) is 18.9. The molecule has 6 nitrogen and oxygen atoms in total. The summed E-state index contributed by atoms with van der Waals surface area (Å²) in [5.74, 6) is 0.955. The summed E-state index contributed by atoms with van der Waals surface area (Å²) >= 11 is 0. The van der Waals surface area contributed by atoms with Crippen molar-refractivity contribution in [2.24, 2.45) is 0 Å². The van der Waals surface area contributed by atoms with E-state index in [4.69, 9.17) is 13.9 Å². The minimum atomic E-state index is -0.125. The van der Waals surface area contributed by atoms with Gasteiger partial charge < -0.3 is 18.8 Å². The molecule has 24 heavy (non-hydrogen) atoms. The van der Waals surface area contributed by atoms with Gasteiger partial charge in [-0.3, -0.25) is 4.79 Å². The molecular formula is C18H20N2O4. The SMILES string of the molecule is Cc1ccoc1C(=O)N1CCO[C@H]2[C@H]1CC[C@H]2Oc1ccccn1. The summed E-state index contributed by atoms with van der Waals surface area (Å²) in [6.07, 6.45) is 4.75. The third kappa shape index (κ3) is 2.67. The Labute approximate surface area is 140 Å². The van der Waals surface area contributed by atoms with E-state index in [2.05, 4.69) is 4.98 Å². The highest BCUT2D eigenvalue weighted by atomic mass is 16.5. The quantitative estimate of drug-likeness (QED) is 0.866. The molecule has 0 radical (unpaired) electrons. The normalized spacial score (nSPS) is 26.2. The molecule has 0 spiro atoms. The number of carbonyl (C=O) groups excluding carboxylic acids is 1. The van der Waals surface area contributed by atoms with Gasteiger partial charge in [0.15, 0.2) is 5.76 Å². The second kappa shape index (κ2) is 6.28. The number of aromatic nitrogens is 1. The van der Waals surface area contributed by atoms with Crippen molar-refractivity contribution in [2.45, 2.75) is 38.0 Å². The predicted octanol–water partition coefficient (Wildman–Crippen LogP) is 2.43. The fraction of sp³-hybridized carbons (Fsp3) is 0.444. The number of pyridine rings is 1. The maximum Gasteiger partial charge on any atom is 0.290 e. The Morgan fingerprint density at radius 2 is 2.25 bits per heavy atom. The van der Waals surface area contributed by atoms with E-state index in [-0.39, 0.29) is 24.2 Å². The van der Waals surface area contributed by atoms with E-state index in [0.717, 1.165) is 18.4 Å². The molecule has 0 N–H and O–H groups in total. The fourth-order valence-corrected chi connectivity index (χ4v) is 3.59. The van der Waals surface area contributed by atoms with Crippen LogP contribution in [0.3, 0.4) is 0 Å². The van der Waals surface area contributed by atoms with Crippen LogP contribution >= 0.6 is 0 Å². The lowest BCUT2D eigenvalue weighted by atomic mass is 10.1. The van der Waals surface area contributed by atoms with Gasteiger partial charge in [0.05, 0.1) is 18.9 Å². The maximum atomic E-state index is 12.8. The van der Waals surface area contributed by atoms with Crippen LogP contribution in [0.1, 0.15) is 29.0 Å². The molecule has 1 amide bonds. The van der Waals surface area contributed by atoms with E-state index in [1.54, 1.807) is 12.5 Å². The number of hydrogen-bond acceptors (Lipinski definition) is 5. The minimum absolute atomic E-state index is 0.0180. The molecule has 3 heterocycles. The molecule has 0 unspecified atom stereocenters. The highest BCUT2D eigenvalue weighted by Crippen LogP contribution is 2.33. The van der Waals surface area contributed by atoms with Gasteiger partial charge >= 0.3 is 0 Å². The molecular weight excluding hydrogens is 308 g/mol. The molecule has 1 saturated carbocycles. The van der Waals surface area contributed by atoms with E-state index in [9.17, 15) is 4.79 Å². The highest BCUT2D eigenvalue weighted by molar-refractivity contribution is 5.93. The number of carbonyl (C=O) groups is 1. The van der Waals surface area contributed by atoms with Crippen LogP contribution in [0.5, 0.6) is 5.88 Å². The Bertz CT molecular complexity index is 715. The molecule has 2 aliphatic rings. The highest BCUT2D eigenvalue weighted by Gasteiger charge is 2.46. The second-order valence-corrected chi connectivity index (χ2v) is 6.24. The summed E-state index contributed by atoms with van der Waals surface area (Å²) < 4.78 is 17.3. The zero-order chi connectivity index (χ0) is 16.5. The number of hydrogen-bond donors (Lipinski definition) is 0. The van der Waals surface area contributed by atoms with Gasteiger partial charge in [0.1, 0.15) is 12.2 Å². The van der Waals surface area contributed by atoms with Gasteiger partial charge in [0, 0.05) is 24.4 Å². The van der Waals surface area contributed by atoms with Crippen molar-refractivity contribution in [3.63, 3.8) is 0 Å². The first-order chi connectivity index (χ1) is 11.7. The predicted molar refractivity (Wildman–Crippen MR) is 85.9 cm³/mol. The zero-order valence-electron chi connectivity index (χ0n) is 13.6. The molecule has 126 valence electrons. The van der Waals surface area contributed by atoms with Gasteiger partial charge in [0.25, 0.3) is 5.91 Å². The van der Waals surface area contributed by atoms with Crippen molar-refractivity contribution in [1.29, 1.82) is 0 Å². The first kappa shape index (κ1) is 15.2. The smallest absolute Gasteiger partial charge is 0.290 e. The number of ether oxygens (including phenoxy) is 2. The molecule has 0 aromatic carbocycles. The van der Waals surface area contributed by atoms with Crippen LogP contribution in [-0.4, -0.2) is 47.2 Å².